The third-order valence-electron chi connectivity index (χ3n) is 6.37. The van der Waals surface area contributed by atoms with Gasteiger partial charge in [-0.1, -0.05) is 18.2 Å². The first-order valence-corrected chi connectivity index (χ1v) is 10.8. The van der Waals surface area contributed by atoms with Crippen LogP contribution in [0.25, 0.3) is 0 Å². The highest BCUT2D eigenvalue weighted by molar-refractivity contribution is 5.68. The lowest BCUT2D eigenvalue weighted by Gasteiger charge is -2.17. The van der Waals surface area contributed by atoms with Crippen molar-refractivity contribution >= 4 is 5.97 Å². The first-order valence-electron chi connectivity index (χ1n) is 10.8. The summed E-state index contributed by atoms with van der Waals surface area (Å²) in [6.07, 6.45) is 0.541. The van der Waals surface area contributed by atoms with Crippen LogP contribution in [0, 0.1) is 17.5 Å². The zero-order valence-electron chi connectivity index (χ0n) is 17.6. The third kappa shape index (κ3) is 4.03. The van der Waals surface area contributed by atoms with E-state index in [1.807, 2.05) is 0 Å². The van der Waals surface area contributed by atoms with Crippen molar-refractivity contribution in [2.75, 3.05) is 6.61 Å². The number of benzene rings is 3. The van der Waals surface area contributed by atoms with E-state index in [0.717, 1.165) is 11.1 Å². The summed E-state index contributed by atoms with van der Waals surface area (Å²) >= 11 is 0. The largest absolute Gasteiger partial charge is 0.492 e. The van der Waals surface area contributed by atoms with Gasteiger partial charge in [0, 0.05) is 35.1 Å². The Bertz CT molecular complexity index is 1220. The lowest BCUT2D eigenvalue weighted by atomic mass is 9.96. The SMILES string of the molecule is O=C(O)CC1COc2cc(O[C@@H]3CCc4c(Cc5c(F)cccc5F)ccc(F)c43)ccc21. The van der Waals surface area contributed by atoms with E-state index in [9.17, 15) is 18.0 Å². The molecule has 1 N–H and O–H groups in total. The molecule has 0 bridgehead atoms. The van der Waals surface area contributed by atoms with E-state index in [1.165, 1.54) is 24.3 Å². The topological polar surface area (TPSA) is 55.8 Å². The average molecular weight is 454 g/mol. The highest BCUT2D eigenvalue weighted by Gasteiger charge is 2.31. The molecule has 7 heteroatoms. The molecule has 170 valence electrons. The second-order valence-corrected chi connectivity index (χ2v) is 8.43. The molecule has 3 aromatic rings. The highest BCUT2D eigenvalue weighted by Crippen LogP contribution is 2.42. The van der Waals surface area contributed by atoms with Gasteiger partial charge in [-0.2, -0.15) is 0 Å². The second kappa shape index (κ2) is 8.46. The number of fused-ring (bicyclic) bond motifs is 2. The summed E-state index contributed by atoms with van der Waals surface area (Å²) in [5.41, 5.74) is 2.59. The van der Waals surface area contributed by atoms with Crippen LogP contribution >= 0.6 is 0 Å². The van der Waals surface area contributed by atoms with Gasteiger partial charge in [-0.05, 0) is 48.2 Å². The van der Waals surface area contributed by atoms with Gasteiger partial charge >= 0.3 is 5.97 Å². The number of carboxylic acids is 1. The quantitative estimate of drug-likeness (QED) is 0.518. The van der Waals surface area contributed by atoms with Crippen molar-refractivity contribution in [2.45, 2.75) is 37.7 Å². The lowest BCUT2D eigenvalue weighted by Crippen LogP contribution is -2.08. The first kappa shape index (κ1) is 21.4. The van der Waals surface area contributed by atoms with Gasteiger partial charge in [-0.25, -0.2) is 13.2 Å². The fraction of sp³-hybridized carbons (Fsp3) is 0.269. The zero-order chi connectivity index (χ0) is 23.1. The fourth-order valence-electron chi connectivity index (χ4n) is 4.79. The van der Waals surface area contributed by atoms with Gasteiger partial charge < -0.3 is 14.6 Å². The van der Waals surface area contributed by atoms with Crippen molar-refractivity contribution in [3.63, 3.8) is 0 Å². The Morgan fingerprint density at radius 2 is 1.85 bits per heavy atom. The van der Waals surface area contributed by atoms with Crippen LogP contribution < -0.4 is 9.47 Å². The predicted molar refractivity (Wildman–Crippen MR) is 114 cm³/mol. The summed E-state index contributed by atoms with van der Waals surface area (Å²) < 4.78 is 54.8. The molecule has 1 unspecified atom stereocenters. The smallest absolute Gasteiger partial charge is 0.304 e. The lowest BCUT2D eigenvalue weighted by molar-refractivity contribution is -0.137. The van der Waals surface area contributed by atoms with Crippen LogP contribution in [0.5, 0.6) is 11.5 Å². The van der Waals surface area contributed by atoms with Crippen molar-refractivity contribution < 1.29 is 32.5 Å². The van der Waals surface area contributed by atoms with Crippen molar-refractivity contribution in [1.29, 1.82) is 0 Å². The maximum absolute atomic E-state index is 14.8. The predicted octanol–water partition coefficient (Wildman–Crippen LogP) is 5.71. The van der Waals surface area contributed by atoms with Crippen LogP contribution in [-0.2, 0) is 17.6 Å². The molecule has 0 spiro atoms. The van der Waals surface area contributed by atoms with Crippen LogP contribution in [0.3, 0.4) is 0 Å². The summed E-state index contributed by atoms with van der Waals surface area (Å²) in [6, 6.07) is 11.9. The van der Waals surface area contributed by atoms with Crippen molar-refractivity contribution in [3.8, 4) is 11.5 Å². The number of halogens is 3. The standard InChI is InChI=1S/C26H21F3O4/c27-20-2-1-3-21(28)19(20)10-14-4-8-22(29)26-18(14)7-9-23(26)33-16-5-6-17-15(11-25(30)31)13-32-24(17)12-16/h1-6,8,12,15,23H,7,9-11,13H2,(H,30,31)/t15?,23-/m1/s1. The van der Waals surface area contributed by atoms with Crippen molar-refractivity contribution in [3.05, 3.63) is 93.8 Å². The van der Waals surface area contributed by atoms with E-state index >= 15 is 0 Å². The van der Waals surface area contributed by atoms with Gasteiger partial charge in [0.05, 0.1) is 13.0 Å². The Hall–Kier alpha value is -3.48. The van der Waals surface area contributed by atoms with Crippen LogP contribution in [0.15, 0.2) is 48.5 Å². The Labute approximate surface area is 188 Å². The number of aliphatic carboxylic acids is 1. The van der Waals surface area contributed by atoms with E-state index in [4.69, 9.17) is 14.6 Å². The molecule has 5 rings (SSSR count). The van der Waals surface area contributed by atoms with Crippen LogP contribution in [0.1, 0.15) is 52.7 Å². The second-order valence-electron chi connectivity index (χ2n) is 8.43. The van der Waals surface area contributed by atoms with Gasteiger partial charge in [0.15, 0.2) is 0 Å². The molecule has 2 atom stereocenters. The van der Waals surface area contributed by atoms with Gasteiger partial charge in [0.2, 0.25) is 0 Å². The Morgan fingerprint density at radius 1 is 1.06 bits per heavy atom. The van der Waals surface area contributed by atoms with Crippen LogP contribution in [0.2, 0.25) is 0 Å². The van der Waals surface area contributed by atoms with E-state index in [0.29, 0.717) is 42.1 Å². The zero-order valence-corrected chi connectivity index (χ0v) is 17.6. The third-order valence-corrected chi connectivity index (χ3v) is 6.37. The van der Waals surface area contributed by atoms with Crippen LogP contribution in [0.4, 0.5) is 13.2 Å². The Morgan fingerprint density at radius 3 is 2.61 bits per heavy atom. The summed E-state index contributed by atoms with van der Waals surface area (Å²) in [7, 11) is 0. The molecule has 0 saturated heterocycles. The molecule has 0 saturated carbocycles. The van der Waals surface area contributed by atoms with Gasteiger partial charge in [-0.3, -0.25) is 4.79 Å². The first-order chi connectivity index (χ1) is 15.9. The molecular formula is C26H21F3O4. The Kier molecular flexibility index (Phi) is 5.48. The molecule has 1 aliphatic heterocycles. The van der Waals surface area contributed by atoms with Crippen LogP contribution in [-0.4, -0.2) is 17.7 Å². The minimum absolute atomic E-state index is 0.0141. The summed E-state index contributed by atoms with van der Waals surface area (Å²) in [6.45, 7) is 0.294. The number of rotatable bonds is 6. The number of hydrogen-bond donors (Lipinski definition) is 1. The number of carbonyl (C=O) groups is 1. The maximum Gasteiger partial charge on any atom is 0.304 e. The van der Waals surface area contributed by atoms with Gasteiger partial charge in [0.1, 0.15) is 35.1 Å². The summed E-state index contributed by atoms with van der Waals surface area (Å²) in [4.78, 5) is 11.0. The molecule has 0 aromatic heterocycles. The van der Waals surface area contributed by atoms with Gasteiger partial charge in [0.25, 0.3) is 0 Å². The molecule has 33 heavy (non-hydrogen) atoms. The van der Waals surface area contributed by atoms with Crippen molar-refractivity contribution in [2.24, 2.45) is 0 Å². The average Bonchev–Trinajstić information content (AvgIpc) is 3.37. The van der Waals surface area contributed by atoms with Crippen molar-refractivity contribution in [1.82, 2.24) is 0 Å². The van der Waals surface area contributed by atoms with E-state index in [-0.39, 0.29) is 24.3 Å². The van der Waals surface area contributed by atoms with E-state index in [2.05, 4.69) is 0 Å². The molecule has 1 heterocycles. The molecule has 0 radical (unpaired) electrons. The minimum Gasteiger partial charge on any atom is -0.492 e. The molecular weight excluding hydrogens is 433 g/mol. The molecule has 0 fully saturated rings. The number of ether oxygens (including phenoxy) is 2. The Balaban J connectivity index is 1.40. The monoisotopic (exact) mass is 454 g/mol. The number of carboxylic acid groups (broad SMARTS) is 1. The van der Waals surface area contributed by atoms with Gasteiger partial charge in [-0.15, -0.1) is 0 Å². The molecule has 3 aromatic carbocycles. The molecule has 4 nitrogen and oxygen atoms in total. The number of hydrogen-bond acceptors (Lipinski definition) is 3. The fourth-order valence-corrected chi connectivity index (χ4v) is 4.79. The maximum atomic E-state index is 14.8. The minimum atomic E-state index is -0.888. The van der Waals surface area contributed by atoms with E-state index < -0.39 is 29.5 Å². The summed E-state index contributed by atoms with van der Waals surface area (Å²) in [5, 5.41) is 9.05. The molecule has 2 aliphatic rings. The normalized spacial score (nSPS) is 18.5. The summed E-state index contributed by atoms with van der Waals surface area (Å²) in [5.74, 6) is -1.70. The molecule has 0 amide bonds. The van der Waals surface area contributed by atoms with E-state index in [1.54, 1.807) is 24.3 Å². The molecule has 1 aliphatic carbocycles. The highest BCUT2D eigenvalue weighted by atomic mass is 19.1.